The molecule has 2 rings (SSSR count). The molecule has 1 aromatic rings. The summed E-state index contributed by atoms with van der Waals surface area (Å²) in [7, 11) is 0. The number of benzene rings is 1. The normalized spacial score (nSPS) is 14.8. The topological polar surface area (TPSA) is 52.7 Å². The van der Waals surface area contributed by atoms with E-state index in [9.17, 15) is 14.0 Å². The number of carbonyl (C=O) groups is 2. The summed E-state index contributed by atoms with van der Waals surface area (Å²) >= 11 is 0. The fourth-order valence-electron chi connectivity index (χ4n) is 2.79. The zero-order valence-corrected chi connectivity index (χ0v) is 14.4. The van der Waals surface area contributed by atoms with E-state index in [-0.39, 0.29) is 17.6 Å². The van der Waals surface area contributed by atoms with Gasteiger partial charge in [0.25, 0.3) is 5.91 Å². The minimum absolute atomic E-state index is 0.0807. The Morgan fingerprint density at radius 3 is 2.42 bits per heavy atom. The predicted molar refractivity (Wildman–Crippen MR) is 91.2 cm³/mol. The number of amides is 2. The Bertz CT molecular complexity index is 554. The molecule has 24 heavy (non-hydrogen) atoms. The van der Waals surface area contributed by atoms with Crippen LogP contribution < -0.4 is 5.32 Å². The van der Waals surface area contributed by atoms with Gasteiger partial charge in [0.15, 0.2) is 0 Å². The van der Waals surface area contributed by atoms with E-state index in [2.05, 4.69) is 5.32 Å². The van der Waals surface area contributed by atoms with Crippen molar-refractivity contribution in [3.05, 3.63) is 35.6 Å². The molecule has 0 aliphatic carbocycles. The Balaban J connectivity index is 1.98. The number of nitrogens with zero attached hydrogens (tertiary/aromatic N) is 2. The Morgan fingerprint density at radius 2 is 1.83 bits per heavy atom. The van der Waals surface area contributed by atoms with Crippen LogP contribution in [-0.2, 0) is 4.79 Å². The average molecular weight is 335 g/mol. The lowest BCUT2D eigenvalue weighted by molar-refractivity contribution is -0.132. The molecular formula is C18H26FN3O2. The number of nitrogens with one attached hydrogen (secondary N) is 1. The van der Waals surface area contributed by atoms with Crippen molar-refractivity contribution in [3.8, 4) is 0 Å². The SMILES string of the molecule is CC(C)CN(CCC(=O)N1CCNCC1)C(=O)c1ccc(F)cc1. The van der Waals surface area contributed by atoms with Crippen LogP contribution in [0.2, 0.25) is 0 Å². The van der Waals surface area contributed by atoms with Gasteiger partial charge in [0, 0.05) is 51.3 Å². The molecule has 0 atom stereocenters. The monoisotopic (exact) mass is 335 g/mol. The molecule has 1 fully saturated rings. The second-order valence-corrected chi connectivity index (χ2v) is 6.53. The van der Waals surface area contributed by atoms with Gasteiger partial charge in [0.2, 0.25) is 5.91 Å². The molecule has 2 amide bonds. The predicted octanol–water partition coefficient (Wildman–Crippen LogP) is 1.75. The van der Waals surface area contributed by atoms with E-state index in [1.54, 1.807) is 4.90 Å². The van der Waals surface area contributed by atoms with E-state index < -0.39 is 0 Å². The summed E-state index contributed by atoms with van der Waals surface area (Å²) in [5.74, 6) is -0.145. The summed E-state index contributed by atoms with van der Waals surface area (Å²) in [6, 6.07) is 5.55. The van der Waals surface area contributed by atoms with Crippen LogP contribution in [0.5, 0.6) is 0 Å². The van der Waals surface area contributed by atoms with Crippen molar-refractivity contribution in [2.45, 2.75) is 20.3 Å². The van der Waals surface area contributed by atoms with E-state index in [0.29, 0.717) is 31.0 Å². The van der Waals surface area contributed by atoms with Crippen LogP contribution >= 0.6 is 0 Å². The van der Waals surface area contributed by atoms with Gasteiger partial charge in [-0.1, -0.05) is 13.8 Å². The largest absolute Gasteiger partial charge is 0.340 e. The van der Waals surface area contributed by atoms with Crippen LogP contribution in [0.15, 0.2) is 24.3 Å². The lowest BCUT2D eigenvalue weighted by Gasteiger charge is -2.29. The molecule has 132 valence electrons. The molecule has 1 saturated heterocycles. The van der Waals surface area contributed by atoms with Gasteiger partial charge in [-0.2, -0.15) is 0 Å². The van der Waals surface area contributed by atoms with Crippen molar-refractivity contribution in [2.24, 2.45) is 5.92 Å². The summed E-state index contributed by atoms with van der Waals surface area (Å²) < 4.78 is 13.0. The quantitative estimate of drug-likeness (QED) is 0.862. The maximum atomic E-state index is 13.0. The number of carbonyl (C=O) groups excluding carboxylic acids is 2. The van der Waals surface area contributed by atoms with Crippen LogP contribution in [-0.4, -0.2) is 60.9 Å². The van der Waals surface area contributed by atoms with Crippen LogP contribution in [0.25, 0.3) is 0 Å². The van der Waals surface area contributed by atoms with Crippen molar-refractivity contribution in [2.75, 3.05) is 39.3 Å². The van der Waals surface area contributed by atoms with E-state index in [0.717, 1.165) is 26.2 Å². The molecule has 5 nitrogen and oxygen atoms in total. The Labute approximate surface area is 142 Å². The number of piperazine rings is 1. The molecule has 0 saturated carbocycles. The number of rotatable bonds is 6. The summed E-state index contributed by atoms with van der Waals surface area (Å²) in [4.78, 5) is 28.5. The number of hydrogen-bond donors (Lipinski definition) is 1. The van der Waals surface area contributed by atoms with E-state index in [1.165, 1.54) is 24.3 Å². The minimum atomic E-state index is -0.365. The zero-order chi connectivity index (χ0) is 17.5. The van der Waals surface area contributed by atoms with Gasteiger partial charge in [-0.25, -0.2) is 4.39 Å². The highest BCUT2D eigenvalue weighted by Crippen LogP contribution is 2.10. The lowest BCUT2D eigenvalue weighted by Crippen LogP contribution is -2.47. The Hall–Kier alpha value is -1.95. The standard InChI is InChI=1S/C18H26FN3O2/c1-14(2)13-22(18(24)15-3-5-16(19)6-4-15)10-7-17(23)21-11-8-20-9-12-21/h3-6,14,20H,7-13H2,1-2H3. The van der Waals surface area contributed by atoms with Crippen molar-refractivity contribution in [3.63, 3.8) is 0 Å². The highest BCUT2D eigenvalue weighted by Gasteiger charge is 2.21. The molecule has 6 heteroatoms. The van der Waals surface area contributed by atoms with Gasteiger partial charge >= 0.3 is 0 Å². The second kappa shape index (κ2) is 8.78. The lowest BCUT2D eigenvalue weighted by atomic mass is 10.1. The van der Waals surface area contributed by atoms with Crippen LogP contribution in [0.4, 0.5) is 4.39 Å². The fraction of sp³-hybridized carbons (Fsp3) is 0.556. The number of hydrogen-bond acceptors (Lipinski definition) is 3. The first kappa shape index (κ1) is 18.4. The third-order valence-electron chi connectivity index (χ3n) is 4.03. The zero-order valence-electron chi connectivity index (χ0n) is 14.4. The molecule has 0 bridgehead atoms. The molecule has 1 aliphatic heterocycles. The van der Waals surface area contributed by atoms with E-state index >= 15 is 0 Å². The molecule has 0 spiro atoms. The minimum Gasteiger partial charge on any atom is -0.340 e. The van der Waals surface area contributed by atoms with E-state index in [4.69, 9.17) is 0 Å². The van der Waals surface area contributed by atoms with Crippen molar-refractivity contribution >= 4 is 11.8 Å². The Kier molecular flexibility index (Phi) is 6.73. The third-order valence-corrected chi connectivity index (χ3v) is 4.03. The summed E-state index contributed by atoms with van der Waals surface area (Å²) in [6.45, 7) is 8.09. The first-order chi connectivity index (χ1) is 11.5. The molecule has 0 unspecified atom stereocenters. The van der Waals surface area contributed by atoms with Crippen LogP contribution in [0.3, 0.4) is 0 Å². The van der Waals surface area contributed by atoms with Crippen LogP contribution in [0.1, 0.15) is 30.6 Å². The summed E-state index contributed by atoms with van der Waals surface area (Å²) in [5, 5.41) is 3.22. The summed E-state index contributed by atoms with van der Waals surface area (Å²) in [6.07, 6.45) is 0.319. The maximum absolute atomic E-state index is 13.0. The molecule has 0 aromatic heterocycles. The average Bonchev–Trinajstić information content (AvgIpc) is 2.59. The van der Waals surface area contributed by atoms with Gasteiger partial charge in [0.1, 0.15) is 5.82 Å². The van der Waals surface area contributed by atoms with Gasteiger partial charge in [0.05, 0.1) is 0 Å². The van der Waals surface area contributed by atoms with Gasteiger partial charge < -0.3 is 15.1 Å². The van der Waals surface area contributed by atoms with Gasteiger partial charge in [-0.05, 0) is 30.2 Å². The van der Waals surface area contributed by atoms with E-state index in [1.807, 2.05) is 18.7 Å². The second-order valence-electron chi connectivity index (χ2n) is 6.53. The first-order valence-electron chi connectivity index (χ1n) is 8.50. The Morgan fingerprint density at radius 1 is 1.21 bits per heavy atom. The molecule has 0 radical (unpaired) electrons. The maximum Gasteiger partial charge on any atom is 0.253 e. The van der Waals surface area contributed by atoms with Crippen LogP contribution in [0, 0.1) is 11.7 Å². The van der Waals surface area contributed by atoms with Crippen molar-refractivity contribution in [1.29, 1.82) is 0 Å². The highest BCUT2D eigenvalue weighted by molar-refractivity contribution is 5.94. The number of halogens is 1. The summed E-state index contributed by atoms with van der Waals surface area (Å²) in [5.41, 5.74) is 0.451. The third kappa shape index (κ3) is 5.30. The fourth-order valence-corrected chi connectivity index (χ4v) is 2.79. The molecule has 1 N–H and O–H groups in total. The molecule has 1 aliphatic rings. The first-order valence-corrected chi connectivity index (χ1v) is 8.50. The highest BCUT2D eigenvalue weighted by atomic mass is 19.1. The molecule has 1 heterocycles. The van der Waals surface area contributed by atoms with Crippen molar-refractivity contribution in [1.82, 2.24) is 15.1 Å². The van der Waals surface area contributed by atoms with Gasteiger partial charge in [-0.3, -0.25) is 9.59 Å². The van der Waals surface area contributed by atoms with Gasteiger partial charge in [-0.15, -0.1) is 0 Å². The van der Waals surface area contributed by atoms with Crippen molar-refractivity contribution < 1.29 is 14.0 Å². The smallest absolute Gasteiger partial charge is 0.253 e. The molecular weight excluding hydrogens is 309 g/mol. The molecule has 1 aromatic carbocycles.